The number of rotatable bonds is 2. The molecule has 1 aliphatic heterocycles. The van der Waals surface area contributed by atoms with Crippen LogP contribution in [-0.4, -0.2) is 12.6 Å². The first-order chi connectivity index (χ1) is 3.43. The Morgan fingerprint density at radius 2 is 2.57 bits per heavy atom. The zero-order valence-electron chi connectivity index (χ0n) is 4.48. The van der Waals surface area contributed by atoms with Crippen LogP contribution < -0.4 is 5.32 Å². The summed E-state index contributed by atoms with van der Waals surface area (Å²) in [6, 6.07) is 0.762. The van der Waals surface area contributed by atoms with Crippen LogP contribution in [0.4, 0.5) is 0 Å². The Labute approximate surface area is 44.4 Å². The molecule has 0 unspecified atom stereocenters. The summed E-state index contributed by atoms with van der Waals surface area (Å²) in [7, 11) is 0. The second kappa shape index (κ2) is 2.12. The number of hydrogen-bond acceptors (Lipinski definition) is 1. The lowest BCUT2D eigenvalue weighted by Crippen LogP contribution is -2.42. The third-order valence-electron chi connectivity index (χ3n) is 1.38. The standard InChI is InChI=1S/C6H11N/c1-2-3-6-4-5-7-6/h2,6-7H,1,3-5H2/t6-/m1/s1. The van der Waals surface area contributed by atoms with Gasteiger partial charge in [0.1, 0.15) is 0 Å². The summed E-state index contributed by atoms with van der Waals surface area (Å²) in [4.78, 5) is 0. The van der Waals surface area contributed by atoms with E-state index < -0.39 is 0 Å². The van der Waals surface area contributed by atoms with E-state index in [0.29, 0.717) is 0 Å². The van der Waals surface area contributed by atoms with Crippen LogP contribution in [0.5, 0.6) is 0 Å². The van der Waals surface area contributed by atoms with E-state index in [0.717, 1.165) is 12.5 Å². The minimum absolute atomic E-state index is 0.762. The van der Waals surface area contributed by atoms with Gasteiger partial charge >= 0.3 is 0 Å². The van der Waals surface area contributed by atoms with Crippen LogP contribution in [0.1, 0.15) is 12.8 Å². The summed E-state index contributed by atoms with van der Waals surface area (Å²) in [6.45, 7) is 4.85. The highest BCUT2D eigenvalue weighted by molar-refractivity contribution is 4.84. The highest BCUT2D eigenvalue weighted by Gasteiger charge is 2.12. The molecule has 0 aromatic carbocycles. The van der Waals surface area contributed by atoms with Gasteiger partial charge in [-0.25, -0.2) is 0 Å². The first-order valence-corrected chi connectivity index (χ1v) is 2.78. The molecule has 1 heteroatoms. The number of hydrogen-bond donors (Lipinski definition) is 1. The largest absolute Gasteiger partial charge is 0.314 e. The molecule has 0 aromatic rings. The molecule has 0 saturated carbocycles. The van der Waals surface area contributed by atoms with Crippen LogP contribution >= 0.6 is 0 Å². The zero-order chi connectivity index (χ0) is 5.11. The molecule has 1 aliphatic rings. The number of nitrogens with one attached hydrogen (secondary N) is 1. The Kier molecular flexibility index (Phi) is 1.47. The van der Waals surface area contributed by atoms with Crippen LogP contribution in [-0.2, 0) is 0 Å². The summed E-state index contributed by atoms with van der Waals surface area (Å²) < 4.78 is 0. The van der Waals surface area contributed by atoms with Gasteiger partial charge in [-0.05, 0) is 19.4 Å². The lowest BCUT2D eigenvalue weighted by Gasteiger charge is -2.25. The molecule has 1 nitrogen and oxygen atoms in total. The van der Waals surface area contributed by atoms with Gasteiger partial charge in [0.2, 0.25) is 0 Å². The summed E-state index contributed by atoms with van der Waals surface area (Å²) in [6.07, 6.45) is 4.45. The molecule has 0 spiro atoms. The molecule has 40 valence electrons. The van der Waals surface area contributed by atoms with Crippen molar-refractivity contribution in [2.24, 2.45) is 0 Å². The van der Waals surface area contributed by atoms with Crippen molar-refractivity contribution in [3.05, 3.63) is 12.7 Å². The molecule has 0 amide bonds. The van der Waals surface area contributed by atoms with Crippen LogP contribution in [0.3, 0.4) is 0 Å². The maximum absolute atomic E-state index is 3.64. The van der Waals surface area contributed by atoms with Crippen LogP contribution in [0.25, 0.3) is 0 Å². The summed E-state index contributed by atoms with van der Waals surface area (Å²) in [5.41, 5.74) is 0. The second-order valence-electron chi connectivity index (χ2n) is 1.96. The molecule has 1 atom stereocenters. The Hall–Kier alpha value is -0.300. The minimum Gasteiger partial charge on any atom is -0.314 e. The third-order valence-corrected chi connectivity index (χ3v) is 1.38. The van der Waals surface area contributed by atoms with Gasteiger partial charge in [-0.15, -0.1) is 6.58 Å². The van der Waals surface area contributed by atoms with Gasteiger partial charge in [0.15, 0.2) is 0 Å². The monoisotopic (exact) mass is 97.1 g/mol. The normalized spacial score (nSPS) is 28.9. The van der Waals surface area contributed by atoms with Crippen molar-refractivity contribution in [3.8, 4) is 0 Å². The molecule has 1 N–H and O–H groups in total. The van der Waals surface area contributed by atoms with Gasteiger partial charge in [0.25, 0.3) is 0 Å². The first kappa shape index (κ1) is 4.85. The van der Waals surface area contributed by atoms with E-state index in [4.69, 9.17) is 0 Å². The van der Waals surface area contributed by atoms with Crippen molar-refractivity contribution in [2.75, 3.05) is 6.54 Å². The van der Waals surface area contributed by atoms with E-state index in [2.05, 4.69) is 11.9 Å². The van der Waals surface area contributed by atoms with E-state index in [9.17, 15) is 0 Å². The molecule has 0 aliphatic carbocycles. The van der Waals surface area contributed by atoms with Crippen molar-refractivity contribution < 1.29 is 0 Å². The highest BCUT2D eigenvalue weighted by atomic mass is 15.0. The lowest BCUT2D eigenvalue weighted by molar-refractivity contribution is 0.374. The van der Waals surface area contributed by atoms with Gasteiger partial charge in [0.05, 0.1) is 0 Å². The van der Waals surface area contributed by atoms with Crippen molar-refractivity contribution in [1.82, 2.24) is 5.32 Å². The molecule has 0 bridgehead atoms. The molecule has 1 heterocycles. The molecule has 0 aromatic heterocycles. The molecular formula is C6H11N. The predicted molar refractivity (Wildman–Crippen MR) is 31.2 cm³/mol. The Bertz CT molecular complexity index is 64.6. The lowest BCUT2D eigenvalue weighted by atomic mass is 10.0. The van der Waals surface area contributed by atoms with E-state index in [-0.39, 0.29) is 0 Å². The summed E-state index contributed by atoms with van der Waals surface area (Å²) >= 11 is 0. The maximum atomic E-state index is 3.64. The average Bonchev–Trinajstić information content (AvgIpc) is 1.55. The fraction of sp³-hybridized carbons (Fsp3) is 0.667. The smallest absolute Gasteiger partial charge is 0.0114 e. The van der Waals surface area contributed by atoms with Gasteiger partial charge in [-0.3, -0.25) is 0 Å². The van der Waals surface area contributed by atoms with Crippen molar-refractivity contribution in [2.45, 2.75) is 18.9 Å². The topological polar surface area (TPSA) is 12.0 Å². The Balaban J connectivity index is 2.03. The van der Waals surface area contributed by atoms with Gasteiger partial charge in [-0.2, -0.15) is 0 Å². The molecule has 7 heavy (non-hydrogen) atoms. The Morgan fingerprint density at radius 1 is 1.86 bits per heavy atom. The second-order valence-corrected chi connectivity index (χ2v) is 1.96. The zero-order valence-corrected chi connectivity index (χ0v) is 4.48. The van der Waals surface area contributed by atoms with Gasteiger partial charge in [-0.1, -0.05) is 6.08 Å². The average molecular weight is 97.2 g/mol. The molecule has 1 rings (SSSR count). The Morgan fingerprint density at radius 3 is 2.71 bits per heavy atom. The molecule has 0 radical (unpaired) electrons. The molecule has 1 fully saturated rings. The fourth-order valence-electron chi connectivity index (χ4n) is 0.751. The summed E-state index contributed by atoms with van der Waals surface area (Å²) in [5.74, 6) is 0. The summed E-state index contributed by atoms with van der Waals surface area (Å²) in [5, 5.41) is 3.28. The van der Waals surface area contributed by atoms with E-state index in [1.54, 1.807) is 0 Å². The molecular weight excluding hydrogens is 86.1 g/mol. The van der Waals surface area contributed by atoms with Crippen molar-refractivity contribution in [1.29, 1.82) is 0 Å². The predicted octanol–water partition coefficient (Wildman–Crippen LogP) is 0.924. The first-order valence-electron chi connectivity index (χ1n) is 2.78. The SMILES string of the molecule is C=CC[C@@H]1CCN1. The van der Waals surface area contributed by atoms with Gasteiger partial charge < -0.3 is 5.32 Å². The maximum Gasteiger partial charge on any atom is 0.0114 e. The molecule has 1 saturated heterocycles. The quantitative estimate of drug-likeness (QED) is 0.505. The van der Waals surface area contributed by atoms with Crippen molar-refractivity contribution >= 4 is 0 Å². The highest BCUT2D eigenvalue weighted by Crippen LogP contribution is 2.05. The van der Waals surface area contributed by atoms with E-state index >= 15 is 0 Å². The minimum atomic E-state index is 0.762. The third kappa shape index (κ3) is 1.03. The van der Waals surface area contributed by atoms with Crippen LogP contribution in [0.15, 0.2) is 12.7 Å². The van der Waals surface area contributed by atoms with Crippen LogP contribution in [0.2, 0.25) is 0 Å². The van der Waals surface area contributed by atoms with E-state index in [1.807, 2.05) is 6.08 Å². The van der Waals surface area contributed by atoms with Crippen LogP contribution in [0, 0.1) is 0 Å². The van der Waals surface area contributed by atoms with E-state index in [1.165, 1.54) is 13.0 Å². The van der Waals surface area contributed by atoms with Gasteiger partial charge in [0, 0.05) is 6.04 Å². The fourth-order valence-corrected chi connectivity index (χ4v) is 0.751. The van der Waals surface area contributed by atoms with Crippen molar-refractivity contribution in [3.63, 3.8) is 0 Å².